The molecule has 0 radical (unpaired) electrons. The fourth-order valence-corrected chi connectivity index (χ4v) is 3.26. The van der Waals surface area contributed by atoms with E-state index in [2.05, 4.69) is 35.0 Å². The van der Waals surface area contributed by atoms with Gasteiger partial charge in [-0.25, -0.2) is 4.98 Å². The molecule has 0 aliphatic carbocycles. The van der Waals surface area contributed by atoms with Gasteiger partial charge in [0.25, 0.3) is 0 Å². The Morgan fingerprint density at radius 3 is 2.94 bits per heavy atom. The second kappa shape index (κ2) is 4.49. The molecule has 0 saturated carbocycles. The molecule has 4 nitrogen and oxygen atoms in total. The van der Waals surface area contributed by atoms with Crippen molar-refractivity contribution in [1.29, 1.82) is 0 Å². The summed E-state index contributed by atoms with van der Waals surface area (Å²) < 4.78 is 9.20. The summed E-state index contributed by atoms with van der Waals surface area (Å²) in [6.07, 6.45) is 0. The third kappa shape index (κ3) is 2.15. The van der Waals surface area contributed by atoms with Crippen LogP contribution in [0.3, 0.4) is 0 Å². The molecule has 8 heteroatoms. The fourth-order valence-electron chi connectivity index (χ4n) is 1.36. The van der Waals surface area contributed by atoms with E-state index in [9.17, 15) is 0 Å². The van der Waals surface area contributed by atoms with E-state index in [4.69, 9.17) is 11.6 Å². The Morgan fingerprint density at radius 2 is 2.18 bits per heavy atom. The SMILES string of the molecule is Clc1ccc2nsnc2c1Nc1nc(Br)cs1. The van der Waals surface area contributed by atoms with Gasteiger partial charge in [0.1, 0.15) is 15.6 Å². The van der Waals surface area contributed by atoms with E-state index in [1.807, 2.05) is 11.4 Å². The van der Waals surface area contributed by atoms with Crippen LogP contribution in [-0.4, -0.2) is 13.7 Å². The first-order valence-electron chi connectivity index (χ1n) is 4.53. The monoisotopic (exact) mass is 346 g/mol. The summed E-state index contributed by atoms with van der Waals surface area (Å²) in [6.45, 7) is 0. The molecule has 3 rings (SSSR count). The van der Waals surface area contributed by atoms with Crippen molar-refractivity contribution in [1.82, 2.24) is 13.7 Å². The Labute approximate surface area is 118 Å². The second-order valence-corrected chi connectivity index (χ2v) is 5.76. The zero-order valence-corrected chi connectivity index (χ0v) is 12.1. The number of nitrogens with zero attached hydrogens (tertiary/aromatic N) is 3. The molecular formula is C9H4BrClN4S2. The van der Waals surface area contributed by atoms with Crippen molar-refractivity contribution in [3.05, 3.63) is 27.1 Å². The van der Waals surface area contributed by atoms with E-state index in [0.29, 0.717) is 5.02 Å². The molecular weight excluding hydrogens is 344 g/mol. The summed E-state index contributed by atoms with van der Waals surface area (Å²) in [5, 5.41) is 6.44. The number of hydrogen-bond donors (Lipinski definition) is 1. The van der Waals surface area contributed by atoms with Gasteiger partial charge < -0.3 is 5.32 Å². The van der Waals surface area contributed by atoms with Crippen molar-refractivity contribution in [2.24, 2.45) is 0 Å². The fraction of sp³-hybridized carbons (Fsp3) is 0. The minimum absolute atomic E-state index is 0.608. The van der Waals surface area contributed by atoms with Crippen molar-refractivity contribution in [3.8, 4) is 0 Å². The van der Waals surface area contributed by atoms with Gasteiger partial charge in [-0.05, 0) is 28.1 Å². The molecule has 0 unspecified atom stereocenters. The highest BCUT2D eigenvalue weighted by atomic mass is 79.9. The Kier molecular flexibility index (Phi) is 2.99. The van der Waals surface area contributed by atoms with Gasteiger partial charge >= 0.3 is 0 Å². The van der Waals surface area contributed by atoms with Crippen LogP contribution >= 0.6 is 50.6 Å². The molecule has 0 saturated heterocycles. The van der Waals surface area contributed by atoms with E-state index in [1.54, 1.807) is 6.07 Å². The summed E-state index contributed by atoms with van der Waals surface area (Å²) in [7, 11) is 0. The van der Waals surface area contributed by atoms with Gasteiger partial charge in [0, 0.05) is 5.38 Å². The third-order valence-corrected chi connectivity index (χ3v) is 4.41. The summed E-state index contributed by atoms with van der Waals surface area (Å²) in [6, 6.07) is 3.65. The molecule has 1 aromatic carbocycles. The average Bonchev–Trinajstić information content (AvgIpc) is 2.91. The molecule has 0 spiro atoms. The van der Waals surface area contributed by atoms with E-state index in [-0.39, 0.29) is 0 Å². The molecule has 0 bridgehead atoms. The highest BCUT2D eigenvalue weighted by molar-refractivity contribution is 9.10. The second-order valence-electron chi connectivity index (χ2n) is 3.15. The molecule has 86 valence electrons. The molecule has 17 heavy (non-hydrogen) atoms. The first-order valence-corrected chi connectivity index (χ1v) is 7.31. The molecule has 0 amide bonds. The predicted molar refractivity (Wildman–Crippen MR) is 75.5 cm³/mol. The number of benzene rings is 1. The highest BCUT2D eigenvalue weighted by Gasteiger charge is 2.11. The van der Waals surface area contributed by atoms with Crippen molar-refractivity contribution < 1.29 is 0 Å². The van der Waals surface area contributed by atoms with Crippen LogP contribution < -0.4 is 5.32 Å². The largest absolute Gasteiger partial charge is 0.328 e. The molecule has 1 N–H and O–H groups in total. The molecule has 2 heterocycles. The van der Waals surface area contributed by atoms with Crippen LogP contribution in [0.5, 0.6) is 0 Å². The predicted octanol–water partition coefficient (Wildman–Crippen LogP) is 4.31. The lowest BCUT2D eigenvalue weighted by atomic mass is 10.2. The standard InChI is InChI=1S/C9H4BrClN4S2/c10-6-3-16-9(12-6)13-7-4(11)1-2-5-8(7)15-17-14-5/h1-3H,(H,12,13). The first kappa shape index (κ1) is 11.3. The smallest absolute Gasteiger partial charge is 0.188 e. The van der Waals surface area contributed by atoms with E-state index < -0.39 is 0 Å². The van der Waals surface area contributed by atoms with Crippen LogP contribution in [0.15, 0.2) is 22.1 Å². The number of halogens is 2. The minimum Gasteiger partial charge on any atom is -0.328 e. The van der Waals surface area contributed by atoms with Gasteiger partial charge in [0.15, 0.2) is 5.13 Å². The van der Waals surface area contributed by atoms with E-state index in [0.717, 1.165) is 26.5 Å². The van der Waals surface area contributed by atoms with E-state index in [1.165, 1.54) is 23.1 Å². The normalized spacial score (nSPS) is 10.9. The molecule has 0 aliphatic heterocycles. The third-order valence-electron chi connectivity index (χ3n) is 2.09. The van der Waals surface area contributed by atoms with Gasteiger partial charge in [-0.2, -0.15) is 8.75 Å². The summed E-state index contributed by atoms with van der Waals surface area (Å²) >= 11 is 12.1. The van der Waals surface area contributed by atoms with Gasteiger partial charge in [0.2, 0.25) is 0 Å². The number of rotatable bonds is 2. The Hall–Kier alpha value is -0.760. The number of hydrogen-bond acceptors (Lipinski definition) is 6. The van der Waals surface area contributed by atoms with Crippen molar-refractivity contribution in [2.45, 2.75) is 0 Å². The summed E-state index contributed by atoms with van der Waals surface area (Å²) in [5.41, 5.74) is 2.35. The Bertz CT molecular complexity index is 680. The summed E-state index contributed by atoms with van der Waals surface area (Å²) in [4.78, 5) is 4.26. The summed E-state index contributed by atoms with van der Waals surface area (Å²) in [5.74, 6) is 0. The topological polar surface area (TPSA) is 50.7 Å². The van der Waals surface area contributed by atoms with Crippen molar-refractivity contribution >= 4 is 72.4 Å². The van der Waals surface area contributed by atoms with Gasteiger partial charge in [0.05, 0.1) is 22.4 Å². The Morgan fingerprint density at radius 1 is 1.29 bits per heavy atom. The zero-order valence-electron chi connectivity index (χ0n) is 8.15. The molecule has 0 fully saturated rings. The zero-order chi connectivity index (χ0) is 11.8. The molecule has 2 aromatic heterocycles. The highest BCUT2D eigenvalue weighted by Crippen LogP contribution is 2.33. The Balaban J connectivity index is 2.09. The molecule has 3 aromatic rings. The molecule has 0 aliphatic rings. The van der Waals surface area contributed by atoms with Crippen LogP contribution in [0, 0.1) is 0 Å². The van der Waals surface area contributed by atoms with E-state index >= 15 is 0 Å². The number of anilines is 2. The minimum atomic E-state index is 0.608. The van der Waals surface area contributed by atoms with Crippen LogP contribution in [-0.2, 0) is 0 Å². The van der Waals surface area contributed by atoms with Gasteiger partial charge in [-0.1, -0.05) is 11.6 Å². The number of aromatic nitrogens is 3. The lowest BCUT2D eigenvalue weighted by Crippen LogP contribution is -1.91. The lowest BCUT2D eigenvalue weighted by Gasteiger charge is -2.04. The lowest BCUT2D eigenvalue weighted by molar-refractivity contribution is 1.35. The van der Waals surface area contributed by atoms with Crippen molar-refractivity contribution in [3.63, 3.8) is 0 Å². The average molecular weight is 348 g/mol. The van der Waals surface area contributed by atoms with Gasteiger partial charge in [-0.3, -0.25) is 0 Å². The van der Waals surface area contributed by atoms with Crippen LogP contribution in [0.2, 0.25) is 5.02 Å². The maximum Gasteiger partial charge on any atom is 0.188 e. The number of fused-ring (bicyclic) bond motifs is 1. The van der Waals surface area contributed by atoms with Crippen LogP contribution in [0.4, 0.5) is 10.8 Å². The number of thiazole rings is 1. The van der Waals surface area contributed by atoms with Crippen LogP contribution in [0.1, 0.15) is 0 Å². The quantitative estimate of drug-likeness (QED) is 0.750. The molecule has 0 atom stereocenters. The maximum atomic E-state index is 6.16. The first-order chi connectivity index (χ1) is 8.24. The maximum absolute atomic E-state index is 6.16. The van der Waals surface area contributed by atoms with Gasteiger partial charge in [-0.15, -0.1) is 11.3 Å². The van der Waals surface area contributed by atoms with Crippen LogP contribution in [0.25, 0.3) is 11.0 Å². The van der Waals surface area contributed by atoms with Crippen molar-refractivity contribution in [2.75, 3.05) is 5.32 Å². The number of nitrogens with one attached hydrogen (secondary N) is 1.